The van der Waals surface area contributed by atoms with E-state index in [-0.39, 0.29) is 0 Å². The van der Waals surface area contributed by atoms with Crippen molar-refractivity contribution >= 4 is 35.3 Å². The molecule has 0 aromatic heterocycles. The van der Waals surface area contributed by atoms with E-state index in [1.807, 2.05) is 0 Å². The molecule has 0 bridgehead atoms. The van der Waals surface area contributed by atoms with E-state index in [1.54, 1.807) is 0 Å². The molecule has 0 aliphatic carbocycles. The predicted molar refractivity (Wildman–Crippen MR) is 146 cm³/mol. The first kappa shape index (κ1) is 20.5. The maximum absolute atomic E-state index is 2.57. The molecule has 5 aromatic carbocycles. The van der Waals surface area contributed by atoms with Gasteiger partial charge in [-0.15, -0.1) is 0 Å². The minimum absolute atomic E-state index is 0.411. The molecule has 0 spiro atoms. The van der Waals surface area contributed by atoms with Crippen LogP contribution >= 0.6 is 8.07 Å². The Labute approximate surface area is 197 Å². The molecule has 0 amide bonds. The lowest BCUT2D eigenvalue weighted by molar-refractivity contribution is 1.24. The van der Waals surface area contributed by atoms with Crippen molar-refractivity contribution in [2.75, 3.05) is 11.7 Å². The summed E-state index contributed by atoms with van der Waals surface area (Å²) in [5.41, 5.74) is 9.85. The van der Waals surface area contributed by atoms with Crippen molar-refractivity contribution in [2.24, 2.45) is 0 Å². The van der Waals surface area contributed by atoms with Crippen LogP contribution < -0.4 is 4.67 Å². The Kier molecular flexibility index (Phi) is 4.97. The van der Waals surface area contributed by atoms with Crippen molar-refractivity contribution in [1.29, 1.82) is 0 Å². The summed E-state index contributed by atoms with van der Waals surface area (Å²) >= 11 is 0. The summed E-state index contributed by atoms with van der Waals surface area (Å²) in [4.78, 5) is 0. The van der Waals surface area contributed by atoms with Gasteiger partial charge in [-0.1, -0.05) is 78.9 Å². The minimum atomic E-state index is -0.411. The number of fused-ring (bicyclic) bond motifs is 7. The van der Waals surface area contributed by atoms with E-state index < -0.39 is 8.07 Å². The first-order valence-electron chi connectivity index (χ1n) is 11.7. The Balaban J connectivity index is 1.60. The van der Waals surface area contributed by atoms with E-state index in [9.17, 15) is 0 Å². The number of hydrogen-bond donors (Lipinski definition) is 0. The number of aryl methyl sites for hydroxylation is 2. The van der Waals surface area contributed by atoms with E-state index in [0.717, 1.165) is 12.3 Å². The molecular weight excluding hydrogens is 417 g/mol. The molecule has 162 valence electrons. The molecule has 0 radical (unpaired) electrons. The van der Waals surface area contributed by atoms with Gasteiger partial charge in [-0.25, -0.2) is 0 Å². The van der Waals surface area contributed by atoms with Gasteiger partial charge in [0, 0.05) is 25.1 Å². The van der Waals surface area contributed by atoms with Crippen LogP contribution in [0.4, 0.5) is 5.69 Å². The minimum Gasteiger partial charge on any atom is -0.353 e. The molecule has 0 N–H and O–H groups in total. The summed E-state index contributed by atoms with van der Waals surface area (Å²) in [6, 6.07) is 34.1. The van der Waals surface area contributed by atoms with Crippen LogP contribution in [0.25, 0.3) is 32.7 Å². The zero-order valence-corrected chi connectivity index (χ0v) is 20.4. The van der Waals surface area contributed by atoms with Crippen LogP contribution in [-0.2, 0) is 12.3 Å². The molecule has 2 heteroatoms. The number of nitrogens with zero attached hydrogens (tertiary/aromatic N) is 1. The van der Waals surface area contributed by atoms with Crippen molar-refractivity contribution in [3.05, 3.63) is 113 Å². The van der Waals surface area contributed by atoms with E-state index in [4.69, 9.17) is 0 Å². The monoisotopic (exact) mass is 445 g/mol. The van der Waals surface area contributed by atoms with Crippen LogP contribution in [0.1, 0.15) is 22.3 Å². The molecule has 0 atom stereocenters. The molecule has 1 aliphatic heterocycles. The molecule has 1 aliphatic rings. The third-order valence-electron chi connectivity index (χ3n) is 6.99. The normalized spacial score (nSPS) is 13.5. The largest absolute Gasteiger partial charge is 0.353 e. The number of rotatable bonds is 2. The van der Waals surface area contributed by atoms with Gasteiger partial charge in [0.1, 0.15) is 0 Å². The average molecular weight is 446 g/mol. The summed E-state index contributed by atoms with van der Waals surface area (Å²) < 4.78 is 2.57. The fourth-order valence-corrected chi connectivity index (χ4v) is 7.74. The van der Waals surface area contributed by atoms with Crippen LogP contribution in [-0.4, -0.2) is 7.05 Å². The first-order chi connectivity index (χ1) is 16.1. The van der Waals surface area contributed by atoms with Gasteiger partial charge in [0.2, 0.25) is 0 Å². The lowest BCUT2D eigenvalue weighted by Gasteiger charge is -2.30. The summed E-state index contributed by atoms with van der Waals surface area (Å²) in [6.45, 7) is 4.40. The zero-order chi connectivity index (χ0) is 22.5. The first-order valence-corrected chi connectivity index (χ1v) is 13.3. The highest BCUT2D eigenvalue weighted by Gasteiger charge is 2.27. The van der Waals surface area contributed by atoms with E-state index in [2.05, 4.69) is 117 Å². The number of hydrogen-bond acceptors (Lipinski definition) is 1. The number of anilines is 1. The Morgan fingerprint density at radius 3 is 1.61 bits per heavy atom. The molecule has 1 nitrogen and oxygen atoms in total. The average Bonchev–Trinajstić information content (AvgIpc) is 3.00. The van der Waals surface area contributed by atoms with E-state index in [0.29, 0.717) is 0 Å². The van der Waals surface area contributed by atoms with Crippen LogP contribution in [0, 0.1) is 13.8 Å². The molecule has 6 rings (SSSR count). The third kappa shape index (κ3) is 3.52. The lowest BCUT2D eigenvalue weighted by atomic mass is 9.88. The Hall–Kier alpha value is -3.15. The summed E-state index contributed by atoms with van der Waals surface area (Å²) in [5, 5.41) is 5.39. The third-order valence-corrected chi connectivity index (χ3v) is 9.48. The highest BCUT2D eigenvalue weighted by atomic mass is 31.1. The Morgan fingerprint density at radius 2 is 1.09 bits per heavy atom. The van der Waals surface area contributed by atoms with Gasteiger partial charge < -0.3 is 4.67 Å². The SMILES string of the molecule is Cc1cc(C)cc(N(C)P2Cc3ccc4ccccc4c3-c3c(ccc4ccccc34)C2)c1. The second-order valence-corrected chi connectivity index (χ2v) is 11.6. The molecule has 5 aromatic rings. The second-order valence-electron chi connectivity index (χ2n) is 9.33. The smallest absolute Gasteiger partial charge is 0.0401 e. The van der Waals surface area contributed by atoms with Gasteiger partial charge in [0.15, 0.2) is 0 Å². The van der Waals surface area contributed by atoms with Crippen LogP contribution in [0.3, 0.4) is 0 Å². The van der Waals surface area contributed by atoms with Crippen LogP contribution in [0.15, 0.2) is 91.0 Å². The summed E-state index contributed by atoms with van der Waals surface area (Å²) in [6.07, 6.45) is 2.20. The summed E-state index contributed by atoms with van der Waals surface area (Å²) in [7, 11) is 1.89. The second kappa shape index (κ2) is 8.01. The predicted octanol–water partition coefficient (Wildman–Crippen LogP) is 8.82. The van der Waals surface area contributed by atoms with Crippen LogP contribution in [0.5, 0.6) is 0 Å². The molecule has 0 fully saturated rings. The highest BCUT2D eigenvalue weighted by Crippen LogP contribution is 2.55. The maximum Gasteiger partial charge on any atom is 0.0401 e. The van der Waals surface area contributed by atoms with E-state index >= 15 is 0 Å². The van der Waals surface area contributed by atoms with Crippen LogP contribution in [0.2, 0.25) is 0 Å². The molecular formula is C31H28NP. The van der Waals surface area contributed by atoms with Crippen molar-refractivity contribution in [2.45, 2.75) is 26.2 Å². The van der Waals surface area contributed by atoms with Crippen molar-refractivity contribution < 1.29 is 0 Å². The maximum atomic E-state index is 2.57. The van der Waals surface area contributed by atoms with Gasteiger partial charge in [-0.05, 0) is 89.0 Å². The summed E-state index contributed by atoms with van der Waals surface area (Å²) in [5.74, 6) is 0. The molecule has 1 heterocycles. The van der Waals surface area contributed by atoms with Crippen molar-refractivity contribution in [3.8, 4) is 11.1 Å². The van der Waals surface area contributed by atoms with Crippen molar-refractivity contribution in [3.63, 3.8) is 0 Å². The zero-order valence-electron chi connectivity index (χ0n) is 19.5. The highest BCUT2D eigenvalue weighted by molar-refractivity contribution is 7.57. The van der Waals surface area contributed by atoms with E-state index in [1.165, 1.54) is 60.6 Å². The Bertz CT molecular complexity index is 1410. The fraction of sp³-hybridized carbons (Fsp3) is 0.161. The van der Waals surface area contributed by atoms with Gasteiger partial charge in [-0.2, -0.15) is 0 Å². The van der Waals surface area contributed by atoms with Gasteiger partial charge in [0.05, 0.1) is 0 Å². The molecule has 0 saturated heterocycles. The number of benzene rings is 5. The van der Waals surface area contributed by atoms with Gasteiger partial charge in [-0.3, -0.25) is 0 Å². The molecule has 0 saturated carbocycles. The quantitative estimate of drug-likeness (QED) is 0.245. The molecule has 0 unspecified atom stereocenters. The van der Waals surface area contributed by atoms with Crippen molar-refractivity contribution in [1.82, 2.24) is 0 Å². The lowest BCUT2D eigenvalue weighted by Crippen LogP contribution is -2.12. The fourth-order valence-electron chi connectivity index (χ4n) is 5.45. The molecule has 33 heavy (non-hydrogen) atoms. The standard InChI is InChI=1S/C31H28NP/c1-21-16-22(2)18-27(17-21)32(3)33-19-25-14-12-23-8-4-6-10-28(23)30(25)31-26(20-33)15-13-24-9-5-7-11-29(24)31/h4-18H,19-20H2,1-3H3. The van der Waals surface area contributed by atoms with Gasteiger partial charge >= 0.3 is 0 Å². The topological polar surface area (TPSA) is 3.24 Å². The van der Waals surface area contributed by atoms with Gasteiger partial charge in [0.25, 0.3) is 0 Å². The Morgan fingerprint density at radius 1 is 0.606 bits per heavy atom.